The van der Waals surface area contributed by atoms with E-state index in [1.807, 2.05) is 38.1 Å². The van der Waals surface area contributed by atoms with Crippen LogP contribution in [0.5, 0.6) is 0 Å². The number of carbonyl (C=O) groups is 3. The first kappa shape index (κ1) is 19.4. The lowest BCUT2D eigenvalue weighted by Crippen LogP contribution is -2.35. The van der Waals surface area contributed by atoms with Gasteiger partial charge in [-0.15, -0.1) is 0 Å². The predicted molar refractivity (Wildman–Crippen MR) is 102 cm³/mol. The molecule has 0 aliphatic heterocycles. The minimum Gasteiger partial charge on any atom is -0.336 e. The van der Waals surface area contributed by atoms with Gasteiger partial charge in [0.05, 0.1) is 6.54 Å². The molecular weight excluding hydrogens is 328 g/mol. The molecule has 0 radical (unpaired) electrons. The first-order valence-corrected chi connectivity index (χ1v) is 8.56. The highest BCUT2D eigenvalue weighted by atomic mass is 16.2. The second-order valence-electron chi connectivity index (χ2n) is 6.33. The summed E-state index contributed by atoms with van der Waals surface area (Å²) in [4.78, 5) is 37.8. The van der Waals surface area contributed by atoms with Gasteiger partial charge in [-0.2, -0.15) is 0 Å². The zero-order valence-electron chi connectivity index (χ0n) is 15.4. The summed E-state index contributed by atoms with van der Waals surface area (Å²) in [6, 6.07) is 14.6. The SMILES string of the molecule is Cc1cccc(NC(=O)CN(C)C(=O)CCC(=O)c2ccccc2)c1C. The van der Waals surface area contributed by atoms with Crippen LogP contribution in [0.25, 0.3) is 0 Å². The zero-order chi connectivity index (χ0) is 19.1. The summed E-state index contributed by atoms with van der Waals surface area (Å²) in [6.07, 6.45) is 0.215. The number of benzene rings is 2. The van der Waals surface area contributed by atoms with E-state index in [-0.39, 0.29) is 37.0 Å². The van der Waals surface area contributed by atoms with E-state index < -0.39 is 0 Å². The van der Waals surface area contributed by atoms with E-state index in [1.54, 1.807) is 31.3 Å². The van der Waals surface area contributed by atoms with E-state index in [2.05, 4.69) is 5.32 Å². The summed E-state index contributed by atoms with van der Waals surface area (Å²) >= 11 is 0. The van der Waals surface area contributed by atoms with Crippen molar-refractivity contribution < 1.29 is 14.4 Å². The van der Waals surface area contributed by atoms with Crippen LogP contribution in [0.4, 0.5) is 5.69 Å². The van der Waals surface area contributed by atoms with Gasteiger partial charge in [-0.05, 0) is 31.0 Å². The largest absolute Gasteiger partial charge is 0.336 e. The van der Waals surface area contributed by atoms with Crippen molar-refractivity contribution in [1.29, 1.82) is 0 Å². The van der Waals surface area contributed by atoms with Gasteiger partial charge in [0.15, 0.2) is 5.78 Å². The van der Waals surface area contributed by atoms with E-state index >= 15 is 0 Å². The molecule has 136 valence electrons. The number of hydrogen-bond acceptors (Lipinski definition) is 3. The van der Waals surface area contributed by atoms with Crippen LogP contribution in [0.3, 0.4) is 0 Å². The standard InChI is InChI=1S/C21H24N2O3/c1-15-8-7-11-18(16(15)2)22-20(25)14-23(3)21(26)13-12-19(24)17-9-5-4-6-10-17/h4-11H,12-14H2,1-3H3,(H,22,25). The van der Waals surface area contributed by atoms with Gasteiger partial charge in [0.1, 0.15) is 0 Å². The van der Waals surface area contributed by atoms with Crippen LogP contribution in [-0.4, -0.2) is 36.1 Å². The van der Waals surface area contributed by atoms with Crippen LogP contribution >= 0.6 is 0 Å². The van der Waals surface area contributed by atoms with Crippen LogP contribution in [0.15, 0.2) is 48.5 Å². The summed E-state index contributed by atoms with van der Waals surface area (Å²) in [7, 11) is 1.57. The molecule has 0 saturated heterocycles. The van der Waals surface area contributed by atoms with Gasteiger partial charge < -0.3 is 10.2 Å². The molecule has 5 heteroatoms. The van der Waals surface area contributed by atoms with Gasteiger partial charge in [-0.3, -0.25) is 14.4 Å². The van der Waals surface area contributed by atoms with E-state index in [4.69, 9.17) is 0 Å². The Labute approximate surface area is 154 Å². The number of amides is 2. The van der Waals surface area contributed by atoms with Crippen LogP contribution in [0.1, 0.15) is 34.3 Å². The maximum Gasteiger partial charge on any atom is 0.243 e. The fourth-order valence-electron chi connectivity index (χ4n) is 2.56. The Bertz CT molecular complexity index is 800. The van der Waals surface area contributed by atoms with E-state index in [9.17, 15) is 14.4 Å². The molecule has 0 saturated carbocycles. The number of nitrogens with zero attached hydrogens (tertiary/aromatic N) is 1. The average molecular weight is 352 g/mol. The summed E-state index contributed by atoms with van der Waals surface area (Å²) in [6.45, 7) is 3.87. The second kappa shape index (κ2) is 8.94. The molecule has 26 heavy (non-hydrogen) atoms. The number of aryl methyl sites for hydroxylation is 1. The predicted octanol–water partition coefficient (Wildman–Crippen LogP) is 3.36. The summed E-state index contributed by atoms with van der Waals surface area (Å²) in [5.74, 6) is -0.568. The maximum atomic E-state index is 12.2. The minimum atomic E-state index is -0.260. The molecule has 0 aromatic heterocycles. The van der Waals surface area contributed by atoms with E-state index in [0.29, 0.717) is 5.56 Å². The number of nitrogens with one attached hydrogen (secondary N) is 1. The van der Waals surface area contributed by atoms with Crippen molar-refractivity contribution in [2.45, 2.75) is 26.7 Å². The van der Waals surface area contributed by atoms with Crippen molar-refractivity contribution in [3.05, 3.63) is 65.2 Å². The van der Waals surface area contributed by atoms with Gasteiger partial charge in [0.25, 0.3) is 0 Å². The quantitative estimate of drug-likeness (QED) is 0.777. The summed E-state index contributed by atoms with van der Waals surface area (Å²) < 4.78 is 0. The number of anilines is 1. The lowest BCUT2D eigenvalue weighted by atomic mass is 10.1. The second-order valence-corrected chi connectivity index (χ2v) is 6.33. The molecule has 0 unspecified atom stereocenters. The number of carbonyl (C=O) groups excluding carboxylic acids is 3. The summed E-state index contributed by atoms with van der Waals surface area (Å²) in [5.41, 5.74) is 3.43. The van der Waals surface area contributed by atoms with Gasteiger partial charge >= 0.3 is 0 Å². The fourth-order valence-corrected chi connectivity index (χ4v) is 2.56. The van der Waals surface area contributed by atoms with Crippen molar-refractivity contribution in [2.24, 2.45) is 0 Å². The molecular formula is C21H24N2O3. The van der Waals surface area contributed by atoms with Crippen molar-refractivity contribution >= 4 is 23.3 Å². The highest BCUT2D eigenvalue weighted by molar-refractivity contribution is 5.99. The fraction of sp³-hybridized carbons (Fsp3) is 0.286. The molecule has 0 bridgehead atoms. The van der Waals surface area contributed by atoms with E-state index in [1.165, 1.54) is 4.90 Å². The highest BCUT2D eigenvalue weighted by Crippen LogP contribution is 2.17. The van der Waals surface area contributed by atoms with Crippen LogP contribution in [0.2, 0.25) is 0 Å². The van der Waals surface area contributed by atoms with E-state index in [0.717, 1.165) is 16.8 Å². The van der Waals surface area contributed by atoms with Gasteiger partial charge in [-0.25, -0.2) is 0 Å². The monoisotopic (exact) mass is 352 g/mol. The van der Waals surface area contributed by atoms with Crippen molar-refractivity contribution in [2.75, 3.05) is 18.9 Å². The Morgan fingerprint density at radius 2 is 1.62 bits per heavy atom. The van der Waals surface area contributed by atoms with Gasteiger partial charge in [0.2, 0.25) is 11.8 Å². The van der Waals surface area contributed by atoms with Crippen molar-refractivity contribution in [1.82, 2.24) is 4.90 Å². The third kappa shape index (κ3) is 5.28. The number of rotatable bonds is 7. The number of likely N-dealkylation sites (N-methyl/N-ethyl adjacent to an activating group) is 1. The lowest BCUT2D eigenvalue weighted by molar-refractivity contribution is -0.133. The Morgan fingerprint density at radius 3 is 2.31 bits per heavy atom. The Morgan fingerprint density at radius 1 is 0.923 bits per heavy atom. The first-order valence-electron chi connectivity index (χ1n) is 8.56. The first-order chi connectivity index (χ1) is 12.4. The van der Waals surface area contributed by atoms with Crippen LogP contribution in [0, 0.1) is 13.8 Å². The topological polar surface area (TPSA) is 66.5 Å². The third-order valence-electron chi connectivity index (χ3n) is 4.35. The van der Waals surface area contributed by atoms with Crippen LogP contribution in [-0.2, 0) is 9.59 Å². The lowest BCUT2D eigenvalue weighted by Gasteiger charge is -2.17. The molecule has 2 aromatic carbocycles. The number of ketones is 1. The van der Waals surface area contributed by atoms with Crippen molar-refractivity contribution in [3.63, 3.8) is 0 Å². The van der Waals surface area contributed by atoms with Gasteiger partial charge in [0, 0.05) is 31.1 Å². The molecule has 1 N–H and O–H groups in total. The van der Waals surface area contributed by atoms with Crippen molar-refractivity contribution in [3.8, 4) is 0 Å². The highest BCUT2D eigenvalue weighted by Gasteiger charge is 2.16. The average Bonchev–Trinajstić information content (AvgIpc) is 2.63. The molecule has 2 amide bonds. The van der Waals surface area contributed by atoms with Gasteiger partial charge in [-0.1, -0.05) is 42.5 Å². The molecule has 2 aromatic rings. The number of hydrogen-bond donors (Lipinski definition) is 1. The molecule has 5 nitrogen and oxygen atoms in total. The molecule has 0 aliphatic carbocycles. The molecule has 0 atom stereocenters. The molecule has 0 aliphatic rings. The zero-order valence-corrected chi connectivity index (χ0v) is 15.4. The molecule has 0 heterocycles. The minimum absolute atomic E-state index is 0.0499. The Balaban J connectivity index is 1.83. The molecule has 0 spiro atoms. The number of Topliss-reactive ketones (excluding diaryl/α,β-unsaturated/α-hetero) is 1. The normalized spacial score (nSPS) is 10.3. The summed E-state index contributed by atoms with van der Waals surface area (Å²) in [5, 5.41) is 2.83. The Kier molecular flexibility index (Phi) is 6.67. The molecule has 2 rings (SSSR count). The van der Waals surface area contributed by atoms with Crippen LogP contribution < -0.4 is 5.32 Å². The smallest absolute Gasteiger partial charge is 0.243 e. The maximum absolute atomic E-state index is 12.2. The third-order valence-corrected chi connectivity index (χ3v) is 4.35. The molecule has 0 fully saturated rings. The Hall–Kier alpha value is -2.95.